The second kappa shape index (κ2) is 7.24. The summed E-state index contributed by atoms with van der Waals surface area (Å²) >= 11 is 5.91. The lowest BCUT2D eigenvalue weighted by Gasteiger charge is -2.09. The van der Waals surface area contributed by atoms with Gasteiger partial charge in [0.25, 0.3) is 0 Å². The van der Waals surface area contributed by atoms with E-state index in [4.69, 9.17) is 22.1 Å². The van der Waals surface area contributed by atoms with Gasteiger partial charge in [-0.05, 0) is 48.5 Å². The van der Waals surface area contributed by atoms with Gasteiger partial charge in [-0.2, -0.15) is 10.1 Å². The van der Waals surface area contributed by atoms with Gasteiger partial charge in [0, 0.05) is 11.6 Å². The Labute approximate surface area is 163 Å². The molecule has 140 valence electrons. The summed E-state index contributed by atoms with van der Waals surface area (Å²) in [5.41, 5.74) is 7.66. The minimum absolute atomic E-state index is 0.0499. The number of nitrogens with zero attached hydrogens (tertiary/aromatic N) is 4. The quantitative estimate of drug-likeness (QED) is 0.506. The summed E-state index contributed by atoms with van der Waals surface area (Å²) in [6.07, 6.45) is 1.22. The summed E-state index contributed by atoms with van der Waals surface area (Å²) in [5.74, 6) is -0.438. The highest BCUT2D eigenvalue weighted by Gasteiger charge is 2.16. The van der Waals surface area contributed by atoms with Gasteiger partial charge >= 0.3 is 0 Å². The van der Waals surface area contributed by atoms with Crippen LogP contribution < -0.4 is 10.5 Å². The van der Waals surface area contributed by atoms with Crippen LogP contribution in [0.3, 0.4) is 0 Å². The van der Waals surface area contributed by atoms with Crippen LogP contribution in [0.5, 0.6) is 11.8 Å². The fraction of sp³-hybridized carbons (Fsp3) is 0. The zero-order valence-corrected chi connectivity index (χ0v) is 14.9. The molecule has 0 atom stereocenters. The number of rotatable bonds is 4. The zero-order chi connectivity index (χ0) is 19.7. The van der Waals surface area contributed by atoms with Gasteiger partial charge in [0.05, 0.1) is 11.4 Å². The average Bonchev–Trinajstić information content (AvgIpc) is 3.10. The van der Waals surface area contributed by atoms with Crippen molar-refractivity contribution >= 4 is 17.3 Å². The van der Waals surface area contributed by atoms with Gasteiger partial charge in [0.15, 0.2) is 5.15 Å². The molecule has 4 aromatic rings. The normalized spacial score (nSPS) is 10.8. The molecule has 0 radical (unpaired) electrons. The molecule has 28 heavy (non-hydrogen) atoms. The monoisotopic (exact) mass is 399 g/mol. The van der Waals surface area contributed by atoms with E-state index in [9.17, 15) is 8.78 Å². The molecular formula is C19H12ClF2N5O. The van der Waals surface area contributed by atoms with E-state index in [1.807, 2.05) is 0 Å². The van der Waals surface area contributed by atoms with Gasteiger partial charge in [0.1, 0.15) is 23.6 Å². The van der Waals surface area contributed by atoms with E-state index < -0.39 is 0 Å². The number of hydrogen-bond donors (Lipinski definition) is 1. The highest BCUT2D eigenvalue weighted by molar-refractivity contribution is 6.32. The number of aromatic nitrogens is 4. The average molecular weight is 400 g/mol. The van der Waals surface area contributed by atoms with Crippen molar-refractivity contribution in [3.8, 4) is 28.7 Å². The Bertz CT molecular complexity index is 1130. The van der Waals surface area contributed by atoms with Crippen LogP contribution in [0.4, 0.5) is 14.5 Å². The first kappa shape index (κ1) is 17.9. The van der Waals surface area contributed by atoms with E-state index in [0.717, 1.165) is 0 Å². The van der Waals surface area contributed by atoms with Gasteiger partial charge in [-0.15, -0.1) is 0 Å². The van der Waals surface area contributed by atoms with Crippen LogP contribution >= 0.6 is 11.6 Å². The summed E-state index contributed by atoms with van der Waals surface area (Å²) in [6, 6.07) is 13.1. The minimum Gasteiger partial charge on any atom is -0.418 e. The standard InChI is InChI=1S/C19H12ClF2N5O/c20-18-17(23)19(25-10-24-18)28-16-9-15(11-1-3-12(21)4-2-11)26-27(16)14-7-5-13(22)6-8-14/h1-10H,23H2. The molecule has 2 N–H and O–H groups in total. The molecule has 4 rings (SSSR count). The predicted molar refractivity (Wildman–Crippen MR) is 100 cm³/mol. The van der Waals surface area contributed by atoms with Gasteiger partial charge in [-0.25, -0.2) is 18.4 Å². The molecule has 0 saturated carbocycles. The summed E-state index contributed by atoms with van der Waals surface area (Å²) in [6.45, 7) is 0. The second-order valence-electron chi connectivity index (χ2n) is 5.75. The van der Waals surface area contributed by atoms with E-state index in [0.29, 0.717) is 16.9 Å². The molecule has 0 spiro atoms. The van der Waals surface area contributed by atoms with Crippen LogP contribution in [0.15, 0.2) is 60.9 Å². The molecule has 0 fully saturated rings. The highest BCUT2D eigenvalue weighted by Crippen LogP contribution is 2.33. The smallest absolute Gasteiger partial charge is 0.249 e. The fourth-order valence-electron chi connectivity index (χ4n) is 2.51. The Morgan fingerprint density at radius 3 is 2.25 bits per heavy atom. The molecule has 0 bridgehead atoms. The largest absolute Gasteiger partial charge is 0.418 e. The van der Waals surface area contributed by atoms with E-state index in [1.165, 1.54) is 35.3 Å². The Morgan fingerprint density at radius 1 is 0.929 bits per heavy atom. The van der Waals surface area contributed by atoms with Gasteiger partial charge < -0.3 is 10.5 Å². The number of nitrogen functional groups attached to an aromatic ring is 1. The first-order valence-electron chi connectivity index (χ1n) is 8.07. The number of benzene rings is 2. The van der Waals surface area contributed by atoms with Crippen LogP contribution in [0.2, 0.25) is 5.15 Å². The van der Waals surface area contributed by atoms with Crippen molar-refractivity contribution in [3.05, 3.63) is 77.7 Å². The topological polar surface area (TPSA) is 78.8 Å². The maximum Gasteiger partial charge on any atom is 0.249 e. The van der Waals surface area contributed by atoms with E-state index in [1.54, 1.807) is 30.3 Å². The Hall–Kier alpha value is -3.52. The predicted octanol–water partition coefficient (Wildman–Crippen LogP) is 4.64. The van der Waals surface area contributed by atoms with Crippen LogP contribution in [0.25, 0.3) is 16.9 Å². The molecule has 0 aliphatic heterocycles. The van der Waals surface area contributed by atoms with Crippen molar-refractivity contribution in [1.29, 1.82) is 0 Å². The molecule has 0 aliphatic rings. The number of nitrogens with two attached hydrogens (primary N) is 1. The van der Waals surface area contributed by atoms with Gasteiger partial charge in [0.2, 0.25) is 11.8 Å². The number of anilines is 1. The maximum atomic E-state index is 13.3. The molecule has 2 aromatic carbocycles. The third kappa shape index (κ3) is 3.49. The minimum atomic E-state index is -0.385. The third-order valence-corrected chi connectivity index (χ3v) is 4.19. The van der Waals surface area contributed by atoms with Crippen LogP contribution in [-0.2, 0) is 0 Å². The van der Waals surface area contributed by atoms with E-state index in [2.05, 4.69) is 15.1 Å². The van der Waals surface area contributed by atoms with Gasteiger partial charge in [-0.1, -0.05) is 11.6 Å². The molecular weight excluding hydrogens is 388 g/mol. The lowest BCUT2D eigenvalue weighted by molar-refractivity contribution is 0.429. The van der Waals surface area contributed by atoms with Crippen molar-refractivity contribution in [2.24, 2.45) is 0 Å². The van der Waals surface area contributed by atoms with Crippen molar-refractivity contribution in [2.45, 2.75) is 0 Å². The molecule has 0 amide bonds. The molecule has 0 saturated heterocycles. The summed E-state index contributed by atoms with van der Waals surface area (Å²) in [4.78, 5) is 7.77. The molecule has 0 unspecified atom stereocenters. The first-order chi connectivity index (χ1) is 13.5. The van der Waals surface area contributed by atoms with Crippen LogP contribution in [0, 0.1) is 11.6 Å². The van der Waals surface area contributed by atoms with Gasteiger partial charge in [-0.3, -0.25) is 0 Å². The van der Waals surface area contributed by atoms with Crippen molar-refractivity contribution in [1.82, 2.24) is 19.7 Å². The van der Waals surface area contributed by atoms with Crippen molar-refractivity contribution < 1.29 is 13.5 Å². The molecule has 6 nitrogen and oxygen atoms in total. The Balaban J connectivity index is 1.81. The summed E-state index contributed by atoms with van der Waals surface area (Å²) in [5, 5.41) is 4.54. The molecule has 0 aliphatic carbocycles. The molecule has 2 aromatic heterocycles. The van der Waals surface area contributed by atoms with E-state index in [-0.39, 0.29) is 34.2 Å². The van der Waals surface area contributed by atoms with Crippen LogP contribution in [0.1, 0.15) is 0 Å². The van der Waals surface area contributed by atoms with E-state index >= 15 is 0 Å². The Morgan fingerprint density at radius 2 is 1.57 bits per heavy atom. The second-order valence-corrected chi connectivity index (χ2v) is 6.11. The lowest BCUT2D eigenvalue weighted by Crippen LogP contribution is -2.03. The highest BCUT2D eigenvalue weighted by atomic mass is 35.5. The molecule has 9 heteroatoms. The summed E-state index contributed by atoms with van der Waals surface area (Å²) in [7, 11) is 0. The third-order valence-electron chi connectivity index (χ3n) is 3.89. The zero-order valence-electron chi connectivity index (χ0n) is 14.2. The van der Waals surface area contributed by atoms with Crippen molar-refractivity contribution in [3.63, 3.8) is 0 Å². The number of hydrogen-bond acceptors (Lipinski definition) is 5. The lowest BCUT2D eigenvalue weighted by atomic mass is 10.1. The first-order valence-corrected chi connectivity index (χ1v) is 8.45. The Kier molecular flexibility index (Phi) is 4.62. The molecule has 2 heterocycles. The van der Waals surface area contributed by atoms with Crippen molar-refractivity contribution in [2.75, 3.05) is 5.73 Å². The maximum absolute atomic E-state index is 13.3. The fourth-order valence-corrected chi connectivity index (χ4v) is 2.63. The van der Waals surface area contributed by atoms with Crippen LogP contribution in [-0.4, -0.2) is 19.7 Å². The SMILES string of the molecule is Nc1c(Cl)ncnc1Oc1cc(-c2ccc(F)cc2)nn1-c1ccc(F)cc1. The number of ether oxygens (including phenoxy) is 1. The number of halogens is 3. The summed E-state index contributed by atoms with van der Waals surface area (Å²) < 4.78 is 33.8.